The molecule has 72 valence electrons. The molecule has 0 aromatic carbocycles. The van der Waals surface area contributed by atoms with Crippen LogP contribution in [0.3, 0.4) is 0 Å². The minimum absolute atomic E-state index is 0.0220. The van der Waals surface area contributed by atoms with E-state index in [0.717, 1.165) is 0 Å². The fraction of sp³-hybridized carbons (Fsp3) is 0.625. The van der Waals surface area contributed by atoms with Gasteiger partial charge in [0.2, 0.25) is 0 Å². The monoisotopic (exact) mass is 187 g/mol. The molecule has 0 radical (unpaired) electrons. The van der Waals surface area contributed by atoms with E-state index in [0.29, 0.717) is 11.4 Å². The Balaban J connectivity index is 2.03. The van der Waals surface area contributed by atoms with Crippen LogP contribution in [-0.2, 0) is 6.54 Å². The lowest BCUT2D eigenvalue weighted by atomic mass is 10.4. The maximum atomic E-state index is 12.5. The van der Waals surface area contributed by atoms with Gasteiger partial charge in [0.1, 0.15) is 0 Å². The number of alkyl halides is 2. The largest absolute Gasteiger partial charge is 0.396 e. The second-order valence-corrected chi connectivity index (χ2v) is 3.55. The molecule has 5 heteroatoms. The molecule has 1 aliphatic carbocycles. The fourth-order valence-corrected chi connectivity index (χ4v) is 1.32. The summed E-state index contributed by atoms with van der Waals surface area (Å²) in [4.78, 5) is 0. The number of nitrogens with two attached hydrogens (primary N) is 1. The second kappa shape index (κ2) is 2.43. The van der Waals surface area contributed by atoms with E-state index < -0.39 is 11.8 Å². The number of hydrogen-bond acceptors (Lipinski definition) is 2. The van der Waals surface area contributed by atoms with Gasteiger partial charge in [-0.05, 0) is 6.92 Å². The molecule has 0 amide bonds. The summed E-state index contributed by atoms with van der Waals surface area (Å²) in [5, 5.41) is 4.01. The molecule has 1 aromatic heterocycles. The average molecular weight is 187 g/mol. The smallest absolute Gasteiger partial charge is 0.253 e. The standard InChI is InChI=1S/C8H11F2N3/c1-5-7(11)4-13(12-5)3-6-2-8(6,9)10/h4,6H,2-3,11H2,1H3. The van der Waals surface area contributed by atoms with Crippen LogP contribution in [0.1, 0.15) is 12.1 Å². The molecule has 1 atom stereocenters. The van der Waals surface area contributed by atoms with Crippen molar-refractivity contribution in [2.24, 2.45) is 5.92 Å². The van der Waals surface area contributed by atoms with Crippen molar-refractivity contribution in [3.8, 4) is 0 Å². The number of rotatable bonds is 2. The molecule has 1 aromatic rings. The Morgan fingerprint density at radius 3 is 2.77 bits per heavy atom. The van der Waals surface area contributed by atoms with Crippen LogP contribution in [0, 0.1) is 12.8 Å². The number of aromatic nitrogens is 2. The van der Waals surface area contributed by atoms with E-state index in [2.05, 4.69) is 5.10 Å². The Hall–Kier alpha value is -1.13. The Bertz CT molecular complexity index is 313. The summed E-state index contributed by atoms with van der Waals surface area (Å²) in [6.45, 7) is 2.03. The van der Waals surface area contributed by atoms with Crippen molar-refractivity contribution in [3.63, 3.8) is 0 Å². The first-order chi connectivity index (χ1) is 5.99. The van der Waals surface area contributed by atoms with E-state index in [1.54, 1.807) is 13.1 Å². The van der Waals surface area contributed by atoms with Crippen LogP contribution in [0.15, 0.2) is 6.20 Å². The van der Waals surface area contributed by atoms with Gasteiger partial charge in [-0.2, -0.15) is 5.10 Å². The molecule has 0 spiro atoms. The van der Waals surface area contributed by atoms with Crippen molar-refractivity contribution in [2.45, 2.75) is 25.8 Å². The van der Waals surface area contributed by atoms with Crippen LogP contribution >= 0.6 is 0 Å². The lowest BCUT2D eigenvalue weighted by Gasteiger charge is -1.98. The van der Waals surface area contributed by atoms with Gasteiger partial charge >= 0.3 is 0 Å². The minimum Gasteiger partial charge on any atom is -0.396 e. The molecule has 2 N–H and O–H groups in total. The lowest BCUT2D eigenvalue weighted by molar-refractivity contribution is 0.0942. The molecule has 1 fully saturated rings. The first-order valence-corrected chi connectivity index (χ1v) is 4.16. The number of aryl methyl sites for hydroxylation is 1. The van der Waals surface area contributed by atoms with E-state index in [1.807, 2.05) is 0 Å². The summed E-state index contributed by atoms with van der Waals surface area (Å²) in [6.07, 6.45) is 1.58. The molecule has 3 nitrogen and oxygen atoms in total. The summed E-state index contributed by atoms with van der Waals surface area (Å²) < 4.78 is 26.5. The van der Waals surface area contributed by atoms with Crippen molar-refractivity contribution in [3.05, 3.63) is 11.9 Å². The van der Waals surface area contributed by atoms with Gasteiger partial charge in [0.25, 0.3) is 5.92 Å². The van der Waals surface area contributed by atoms with E-state index >= 15 is 0 Å². The van der Waals surface area contributed by atoms with Gasteiger partial charge in [0.05, 0.1) is 11.4 Å². The molecule has 0 aliphatic heterocycles. The van der Waals surface area contributed by atoms with Crippen molar-refractivity contribution >= 4 is 5.69 Å². The number of nitrogens with zero attached hydrogens (tertiary/aromatic N) is 2. The van der Waals surface area contributed by atoms with Crippen molar-refractivity contribution in [1.29, 1.82) is 0 Å². The first kappa shape index (κ1) is 8.47. The Morgan fingerprint density at radius 1 is 1.77 bits per heavy atom. The molecule has 1 unspecified atom stereocenters. The summed E-state index contributed by atoms with van der Waals surface area (Å²) in [6, 6.07) is 0. The predicted molar refractivity (Wildman–Crippen MR) is 44.4 cm³/mol. The molecular weight excluding hydrogens is 176 g/mol. The first-order valence-electron chi connectivity index (χ1n) is 4.16. The summed E-state index contributed by atoms with van der Waals surface area (Å²) >= 11 is 0. The predicted octanol–water partition coefficient (Wildman–Crippen LogP) is 1.43. The quantitative estimate of drug-likeness (QED) is 0.761. The second-order valence-electron chi connectivity index (χ2n) is 3.55. The van der Waals surface area contributed by atoms with Gasteiger partial charge in [0, 0.05) is 25.1 Å². The van der Waals surface area contributed by atoms with Crippen molar-refractivity contribution in [1.82, 2.24) is 9.78 Å². The topological polar surface area (TPSA) is 43.8 Å². The van der Waals surface area contributed by atoms with Gasteiger partial charge < -0.3 is 5.73 Å². The third kappa shape index (κ3) is 1.50. The van der Waals surface area contributed by atoms with Crippen LogP contribution in [0.2, 0.25) is 0 Å². The van der Waals surface area contributed by atoms with Crippen LogP contribution in [0.5, 0.6) is 0 Å². The van der Waals surface area contributed by atoms with Gasteiger partial charge in [-0.3, -0.25) is 4.68 Å². The van der Waals surface area contributed by atoms with E-state index in [-0.39, 0.29) is 13.0 Å². The number of anilines is 1. The van der Waals surface area contributed by atoms with Gasteiger partial charge in [-0.15, -0.1) is 0 Å². The summed E-state index contributed by atoms with van der Waals surface area (Å²) in [5.74, 6) is -3.03. The Labute approximate surface area is 74.5 Å². The summed E-state index contributed by atoms with van der Waals surface area (Å²) in [7, 11) is 0. The highest BCUT2D eigenvalue weighted by Crippen LogP contribution is 2.49. The normalized spacial score (nSPS) is 24.7. The molecule has 1 aliphatic rings. The van der Waals surface area contributed by atoms with Crippen LogP contribution < -0.4 is 5.73 Å². The molecule has 13 heavy (non-hydrogen) atoms. The maximum absolute atomic E-state index is 12.5. The van der Waals surface area contributed by atoms with Crippen molar-refractivity contribution in [2.75, 3.05) is 5.73 Å². The number of hydrogen-bond donors (Lipinski definition) is 1. The average Bonchev–Trinajstić information content (AvgIpc) is 2.44. The highest BCUT2D eigenvalue weighted by Gasteiger charge is 2.56. The number of nitrogen functional groups attached to an aromatic ring is 1. The molecule has 0 bridgehead atoms. The molecule has 0 saturated heterocycles. The zero-order valence-electron chi connectivity index (χ0n) is 7.30. The van der Waals surface area contributed by atoms with Crippen LogP contribution in [-0.4, -0.2) is 15.7 Å². The third-order valence-corrected chi connectivity index (χ3v) is 2.35. The maximum Gasteiger partial charge on any atom is 0.253 e. The molecular formula is C8H11F2N3. The highest BCUT2D eigenvalue weighted by molar-refractivity contribution is 5.39. The van der Waals surface area contributed by atoms with E-state index in [4.69, 9.17) is 5.73 Å². The SMILES string of the molecule is Cc1nn(CC2CC2(F)F)cc1N. The Kier molecular flexibility index (Phi) is 1.58. The molecule has 1 heterocycles. The highest BCUT2D eigenvalue weighted by atomic mass is 19.3. The van der Waals surface area contributed by atoms with E-state index in [9.17, 15) is 8.78 Å². The van der Waals surface area contributed by atoms with Crippen molar-refractivity contribution < 1.29 is 8.78 Å². The number of halogens is 2. The van der Waals surface area contributed by atoms with E-state index in [1.165, 1.54) is 4.68 Å². The third-order valence-electron chi connectivity index (χ3n) is 2.35. The fourth-order valence-electron chi connectivity index (χ4n) is 1.32. The van der Waals surface area contributed by atoms with Gasteiger partial charge in [0.15, 0.2) is 0 Å². The minimum atomic E-state index is -2.48. The molecule has 2 rings (SSSR count). The molecule has 1 saturated carbocycles. The zero-order valence-corrected chi connectivity index (χ0v) is 7.30. The summed E-state index contributed by atoms with van der Waals surface area (Å²) in [5.41, 5.74) is 6.79. The van der Waals surface area contributed by atoms with Gasteiger partial charge in [-0.1, -0.05) is 0 Å². The van der Waals surface area contributed by atoms with Crippen LogP contribution in [0.25, 0.3) is 0 Å². The lowest BCUT2D eigenvalue weighted by Crippen LogP contribution is -2.05. The van der Waals surface area contributed by atoms with Crippen LogP contribution in [0.4, 0.5) is 14.5 Å². The van der Waals surface area contributed by atoms with Gasteiger partial charge in [-0.25, -0.2) is 8.78 Å². The zero-order chi connectivity index (χ0) is 9.64. The Morgan fingerprint density at radius 2 is 2.38 bits per heavy atom.